The lowest BCUT2D eigenvalue weighted by molar-refractivity contribution is -0.119. The minimum Gasteiger partial charge on any atom is -0.495 e. The molecular weight excluding hydrogens is 280 g/mol. The molecule has 1 fully saturated rings. The zero-order valence-electron chi connectivity index (χ0n) is 11.7. The van der Waals surface area contributed by atoms with Crippen LogP contribution in [0.2, 0.25) is 5.02 Å². The van der Waals surface area contributed by atoms with E-state index in [9.17, 15) is 4.79 Å². The van der Waals surface area contributed by atoms with Crippen molar-refractivity contribution >= 4 is 23.2 Å². The second kappa shape index (κ2) is 6.70. The summed E-state index contributed by atoms with van der Waals surface area (Å²) >= 11 is 6.02. The van der Waals surface area contributed by atoms with Crippen LogP contribution in [-0.2, 0) is 4.79 Å². The lowest BCUT2D eigenvalue weighted by Crippen LogP contribution is -2.31. The van der Waals surface area contributed by atoms with Crippen molar-refractivity contribution < 1.29 is 14.3 Å². The van der Waals surface area contributed by atoms with Crippen molar-refractivity contribution in [3.05, 3.63) is 17.2 Å². The number of nitrogens with one attached hydrogen (secondary N) is 2. The molecule has 0 atom stereocenters. The molecule has 1 saturated carbocycles. The molecule has 5 nitrogen and oxygen atoms in total. The fourth-order valence-electron chi connectivity index (χ4n) is 1.82. The number of ether oxygens (including phenoxy) is 2. The van der Waals surface area contributed by atoms with E-state index in [0.29, 0.717) is 28.1 Å². The van der Waals surface area contributed by atoms with Gasteiger partial charge < -0.3 is 20.1 Å². The molecule has 20 heavy (non-hydrogen) atoms. The summed E-state index contributed by atoms with van der Waals surface area (Å²) in [6.45, 7) is 0.954. The fourth-order valence-corrected chi connectivity index (χ4v) is 2.05. The largest absolute Gasteiger partial charge is 0.495 e. The van der Waals surface area contributed by atoms with Gasteiger partial charge in [0.05, 0.1) is 31.5 Å². The van der Waals surface area contributed by atoms with Gasteiger partial charge in [0, 0.05) is 18.7 Å². The summed E-state index contributed by atoms with van der Waals surface area (Å²) in [4.78, 5) is 11.7. The molecule has 1 aliphatic carbocycles. The number of amides is 1. The fraction of sp³-hybridized carbons (Fsp3) is 0.500. The van der Waals surface area contributed by atoms with E-state index in [1.807, 2.05) is 0 Å². The highest BCUT2D eigenvalue weighted by atomic mass is 35.5. The highest BCUT2D eigenvalue weighted by Gasteiger charge is 2.21. The summed E-state index contributed by atoms with van der Waals surface area (Å²) < 4.78 is 10.4. The summed E-state index contributed by atoms with van der Waals surface area (Å²) in [5.41, 5.74) is 0.676. The van der Waals surface area contributed by atoms with Crippen LogP contribution in [0.5, 0.6) is 11.5 Å². The summed E-state index contributed by atoms with van der Waals surface area (Å²) in [7, 11) is 3.09. The first-order valence-electron chi connectivity index (χ1n) is 6.56. The first-order valence-corrected chi connectivity index (χ1v) is 6.94. The van der Waals surface area contributed by atoms with Crippen LogP contribution in [-0.4, -0.2) is 33.2 Å². The Labute approximate surface area is 123 Å². The number of halogens is 1. The van der Waals surface area contributed by atoms with Crippen LogP contribution in [0, 0.1) is 5.92 Å². The van der Waals surface area contributed by atoms with Crippen molar-refractivity contribution in [2.24, 2.45) is 5.92 Å². The number of anilines is 1. The van der Waals surface area contributed by atoms with Crippen molar-refractivity contribution in [2.75, 3.05) is 32.6 Å². The molecule has 1 aromatic rings. The topological polar surface area (TPSA) is 59.6 Å². The molecule has 2 N–H and O–H groups in total. The molecular formula is C14H19ClN2O3. The van der Waals surface area contributed by atoms with Gasteiger partial charge in [-0.3, -0.25) is 4.79 Å². The predicted octanol–water partition coefficient (Wildman–Crippen LogP) is 2.30. The summed E-state index contributed by atoms with van der Waals surface area (Å²) in [6, 6.07) is 3.38. The summed E-state index contributed by atoms with van der Waals surface area (Å²) in [6.07, 6.45) is 2.44. The second-order valence-electron chi connectivity index (χ2n) is 4.79. The molecule has 0 bridgehead atoms. The Kier molecular flexibility index (Phi) is 4.95. The summed E-state index contributed by atoms with van der Waals surface area (Å²) in [5.74, 6) is 1.75. The normalized spacial score (nSPS) is 13.8. The van der Waals surface area contributed by atoms with E-state index in [4.69, 9.17) is 21.1 Å². The molecule has 1 amide bonds. The maximum absolute atomic E-state index is 11.7. The molecule has 2 rings (SSSR count). The van der Waals surface area contributed by atoms with Gasteiger partial charge in [0.15, 0.2) is 0 Å². The molecule has 1 aromatic carbocycles. The van der Waals surface area contributed by atoms with Crippen LogP contribution in [0.15, 0.2) is 12.1 Å². The van der Waals surface area contributed by atoms with Crippen LogP contribution in [0.25, 0.3) is 0 Å². The van der Waals surface area contributed by atoms with Crippen molar-refractivity contribution in [1.82, 2.24) is 5.32 Å². The van der Waals surface area contributed by atoms with Crippen molar-refractivity contribution in [1.29, 1.82) is 0 Å². The number of rotatable bonds is 7. The molecule has 0 aliphatic heterocycles. The van der Waals surface area contributed by atoms with Gasteiger partial charge in [-0.2, -0.15) is 0 Å². The Morgan fingerprint density at radius 1 is 1.30 bits per heavy atom. The number of hydrogen-bond donors (Lipinski definition) is 2. The van der Waals surface area contributed by atoms with E-state index in [-0.39, 0.29) is 12.5 Å². The third-order valence-corrected chi connectivity index (χ3v) is 3.49. The average Bonchev–Trinajstić information content (AvgIpc) is 3.27. The SMILES string of the molecule is COc1cc(NCC(=O)NCC2CC2)c(OC)cc1Cl. The minimum atomic E-state index is -0.0344. The van der Waals surface area contributed by atoms with Gasteiger partial charge in [-0.25, -0.2) is 0 Å². The molecule has 0 saturated heterocycles. The molecule has 0 spiro atoms. The van der Waals surface area contributed by atoms with Gasteiger partial charge in [0.1, 0.15) is 11.5 Å². The molecule has 6 heteroatoms. The van der Waals surface area contributed by atoms with Crippen LogP contribution in [0.1, 0.15) is 12.8 Å². The Hall–Kier alpha value is -1.62. The first kappa shape index (κ1) is 14.8. The van der Waals surface area contributed by atoms with Crippen molar-refractivity contribution in [3.8, 4) is 11.5 Å². The lowest BCUT2D eigenvalue weighted by Gasteiger charge is -2.13. The van der Waals surface area contributed by atoms with E-state index < -0.39 is 0 Å². The van der Waals surface area contributed by atoms with E-state index >= 15 is 0 Å². The van der Waals surface area contributed by atoms with Gasteiger partial charge >= 0.3 is 0 Å². The van der Waals surface area contributed by atoms with Gasteiger partial charge in [-0.15, -0.1) is 0 Å². The summed E-state index contributed by atoms with van der Waals surface area (Å²) in [5, 5.41) is 6.39. The van der Waals surface area contributed by atoms with Gasteiger partial charge in [0.25, 0.3) is 0 Å². The van der Waals surface area contributed by atoms with Crippen LogP contribution in [0.4, 0.5) is 5.69 Å². The Morgan fingerprint density at radius 2 is 2.00 bits per heavy atom. The number of carbonyl (C=O) groups excluding carboxylic acids is 1. The smallest absolute Gasteiger partial charge is 0.239 e. The molecule has 0 unspecified atom stereocenters. The maximum atomic E-state index is 11.7. The number of methoxy groups -OCH3 is 2. The third-order valence-electron chi connectivity index (χ3n) is 3.20. The molecule has 0 aromatic heterocycles. The van der Waals surface area contributed by atoms with Gasteiger partial charge in [-0.05, 0) is 18.8 Å². The van der Waals surface area contributed by atoms with Gasteiger partial charge in [-0.1, -0.05) is 11.6 Å². The quantitative estimate of drug-likeness (QED) is 0.811. The average molecular weight is 299 g/mol. The molecule has 0 heterocycles. The Balaban J connectivity index is 1.94. The first-order chi connectivity index (χ1) is 9.63. The van der Waals surface area contributed by atoms with E-state index in [1.165, 1.54) is 12.8 Å². The molecule has 0 radical (unpaired) electrons. The highest BCUT2D eigenvalue weighted by Crippen LogP contribution is 2.35. The molecule has 1 aliphatic rings. The maximum Gasteiger partial charge on any atom is 0.239 e. The zero-order valence-corrected chi connectivity index (χ0v) is 12.4. The monoisotopic (exact) mass is 298 g/mol. The number of benzene rings is 1. The van der Waals surface area contributed by atoms with E-state index in [1.54, 1.807) is 26.4 Å². The Morgan fingerprint density at radius 3 is 2.60 bits per heavy atom. The van der Waals surface area contributed by atoms with E-state index in [0.717, 1.165) is 6.54 Å². The highest BCUT2D eigenvalue weighted by molar-refractivity contribution is 6.32. The predicted molar refractivity (Wildman–Crippen MR) is 78.8 cm³/mol. The zero-order chi connectivity index (χ0) is 14.5. The second-order valence-corrected chi connectivity index (χ2v) is 5.20. The molecule has 110 valence electrons. The van der Waals surface area contributed by atoms with Crippen LogP contribution < -0.4 is 20.1 Å². The number of hydrogen-bond acceptors (Lipinski definition) is 4. The standard InChI is InChI=1S/C14H19ClN2O3/c1-19-12-6-11(13(20-2)5-10(12)15)16-8-14(18)17-7-9-3-4-9/h5-6,9,16H,3-4,7-8H2,1-2H3,(H,17,18). The van der Waals surface area contributed by atoms with Crippen LogP contribution >= 0.6 is 11.6 Å². The lowest BCUT2D eigenvalue weighted by atomic mass is 10.2. The van der Waals surface area contributed by atoms with Crippen molar-refractivity contribution in [3.63, 3.8) is 0 Å². The Bertz CT molecular complexity index is 490. The third kappa shape index (κ3) is 3.93. The minimum absolute atomic E-state index is 0.0344. The number of carbonyl (C=O) groups is 1. The van der Waals surface area contributed by atoms with Crippen molar-refractivity contribution in [2.45, 2.75) is 12.8 Å². The van der Waals surface area contributed by atoms with E-state index in [2.05, 4.69) is 10.6 Å². The van der Waals surface area contributed by atoms with Gasteiger partial charge in [0.2, 0.25) is 5.91 Å². The van der Waals surface area contributed by atoms with Crippen LogP contribution in [0.3, 0.4) is 0 Å².